The minimum absolute atomic E-state index is 0.132. The first-order valence-corrected chi connectivity index (χ1v) is 8.73. The molecule has 0 amide bonds. The van der Waals surface area contributed by atoms with E-state index in [0.717, 1.165) is 37.5 Å². The van der Waals surface area contributed by atoms with E-state index >= 15 is 0 Å². The van der Waals surface area contributed by atoms with Crippen molar-refractivity contribution >= 4 is 17.2 Å². The van der Waals surface area contributed by atoms with Crippen molar-refractivity contribution in [1.29, 1.82) is 0 Å². The largest absolute Gasteiger partial charge is 0.471 e. The molecule has 0 aliphatic heterocycles. The highest BCUT2D eigenvalue weighted by atomic mass is 35.5. The van der Waals surface area contributed by atoms with E-state index in [-0.39, 0.29) is 18.1 Å². The molecular formula is C19H19ClF2N2O. The lowest BCUT2D eigenvalue weighted by molar-refractivity contribution is 0.270. The molecule has 132 valence electrons. The number of aromatic nitrogens is 2. The molecule has 1 aliphatic rings. The second-order valence-corrected chi connectivity index (χ2v) is 6.59. The van der Waals surface area contributed by atoms with E-state index in [1.165, 1.54) is 12.1 Å². The zero-order valence-corrected chi connectivity index (χ0v) is 14.7. The second kappa shape index (κ2) is 7.91. The Morgan fingerprint density at radius 2 is 2.12 bits per heavy atom. The summed E-state index contributed by atoms with van der Waals surface area (Å²) in [6, 6.07) is 4.26. The molecule has 0 spiro atoms. The molecule has 25 heavy (non-hydrogen) atoms. The first-order valence-electron chi connectivity index (χ1n) is 8.35. The van der Waals surface area contributed by atoms with Gasteiger partial charge in [-0.2, -0.15) is 9.37 Å². The molecule has 0 saturated carbocycles. The Labute approximate surface area is 150 Å². The molecule has 0 bridgehead atoms. The number of rotatable bonds is 5. The summed E-state index contributed by atoms with van der Waals surface area (Å²) >= 11 is 5.72. The van der Waals surface area contributed by atoms with E-state index in [9.17, 15) is 8.78 Å². The van der Waals surface area contributed by atoms with Gasteiger partial charge in [0.2, 0.25) is 5.82 Å². The van der Waals surface area contributed by atoms with Gasteiger partial charge in [0.1, 0.15) is 12.4 Å². The van der Waals surface area contributed by atoms with Crippen molar-refractivity contribution in [3.8, 4) is 5.88 Å². The van der Waals surface area contributed by atoms with Gasteiger partial charge in [0, 0.05) is 10.6 Å². The van der Waals surface area contributed by atoms with Gasteiger partial charge in [0.15, 0.2) is 5.82 Å². The van der Waals surface area contributed by atoms with Crippen molar-refractivity contribution in [2.24, 2.45) is 5.92 Å². The van der Waals surface area contributed by atoms with Crippen LogP contribution in [0, 0.1) is 17.6 Å². The molecule has 1 aromatic heterocycles. The van der Waals surface area contributed by atoms with Gasteiger partial charge in [-0.05, 0) is 42.9 Å². The molecule has 6 heteroatoms. The molecule has 1 aliphatic carbocycles. The second-order valence-electron chi connectivity index (χ2n) is 6.15. The SMILES string of the molecule is CCC1CC=C(c2ncc(F)c(OCc3ccc(Cl)cc3F)n2)CC1. The van der Waals surface area contributed by atoms with Crippen LogP contribution in [-0.4, -0.2) is 9.97 Å². The van der Waals surface area contributed by atoms with Crippen LogP contribution in [0.3, 0.4) is 0 Å². The number of benzene rings is 1. The zero-order valence-electron chi connectivity index (χ0n) is 13.9. The monoisotopic (exact) mass is 364 g/mol. The highest BCUT2D eigenvalue weighted by molar-refractivity contribution is 6.30. The van der Waals surface area contributed by atoms with Gasteiger partial charge in [0.05, 0.1) is 6.20 Å². The van der Waals surface area contributed by atoms with Crippen molar-refractivity contribution in [2.45, 2.75) is 39.2 Å². The molecule has 3 rings (SSSR count). The van der Waals surface area contributed by atoms with Gasteiger partial charge in [-0.25, -0.2) is 9.37 Å². The van der Waals surface area contributed by atoms with E-state index < -0.39 is 11.6 Å². The summed E-state index contributed by atoms with van der Waals surface area (Å²) in [5.74, 6) is -0.169. The quantitative estimate of drug-likeness (QED) is 0.694. The third-order valence-corrected chi connectivity index (χ3v) is 4.71. The third-order valence-electron chi connectivity index (χ3n) is 4.48. The molecule has 3 nitrogen and oxygen atoms in total. The maximum atomic E-state index is 13.9. The Kier molecular flexibility index (Phi) is 5.63. The first-order chi connectivity index (χ1) is 12.1. The third kappa shape index (κ3) is 4.34. The Hall–Kier alpha value is -2.01. The molecule has 1 unspecified atom stereocenters. The van der Waals surface area contributed by atoms with Crippen LogP contribution in [0.25, 0.3) is 5.57 Å². The van der Waals surface area contributed by atoms with E-state index in [4.69, 9.17) is 16.3 Å². The molecule has 0 saturated heterocycles. The molecule has 1 heterocycles. The lowest BCUT2D eigenvalue weighted by Crippen LogP contribution is -2.08. The van der Waals surface area contributed by atoms with Crippen molar-refractivity contribution in [3.05, 3.63) is 58.5 Å². The van der Waals surface area contributed by atoms with Crippen LogP contribution in [0.5, 0.6) is 5.88 Å². The van der Waals surface area contributed by atoms with Gasteiger partial charge in [-0.15, -0.1) is 0 Å². The van der Waals surface area contributed by atoms with Crippen LogP contribution >= 0.6 is 11.6 Å². The molecule has 2 aromatic rings. The summed E-state index contributed by atoms with van der Waals surface area (Å²) < 4.78 is 33.1. The Morgan fingerprint density at radius 3 is 2.80 bits per heavy atom. The lowest BCUT2D eigenvalue weighted by atomic mass is 9.88. The average molecular weight is 365 g/mol. The summed E-state index contributed by atoms with van der Waals surface area (Å²) in [6.07, 6.45) is 7.30. The number of nitrogens with zero attached hydrogens (tertiary/aromatic N) is 2. The van der Waals surface area contributed by atoms with E-state index in [1.54, 1.807) is 6.07 Å². The Balaban J connectivity index is 1.75. The predicted molar refractivity (Wildman–Crippen MR) is 93.3 cm³/mol. The Morgan fingerprint density at radius 1 is 1.28 bits per heavy atom. The topological polar surface area (TPSA) is 35.0 Å². The predicted octanol–water partition coefficient (Wildman–Crippen LogP) is 5.58. The fourth-order valence-corrected chi connectivity index (χ4v) is 3.01. The van der Waals surface area contributed by atoms with Crippen LogP contribution in [0.2, 0.25) is 5.02 Å². The highest BCUT2D eigenvalue weighted by Gasteiger charge is 2.18. The van der Waals surface area contributed by atoms with Gasteiger partial charge in [-0.3, -0.25) is 0 Å². The van der Waals surface area contributed by atoms with E-state index in [1.807, 2.05) is 0 Å². The van der Waals surface area contributed by atoms with Gasteiger partial charge in [0.25, 0.3) is 5.88 Å². The normalized spacial score (nSPS) is 17.3. The number of ether oxygens (including phenoxy) is 1. The first kappa shape index (κ1) is 17.8. The molecule has 1 atom stereocenters. The van der Waals surface area contributed by atoms with Crippen LogP contribution in [-0.2, 0) is 6.61 Å². The summed E-state index contributed by atoms with van der Waals surface area (Å²) in [5, 5.41) is 0.298. The number of hydrogen-bond donors (Lipinski definition) is 0. The summed E-state index contributed by atoms with van der Waals surface area (Å²) in [7, 11) is 0. The van der Waals surface area contributed by atoms with Crippen molar-refractivity contribution in [2.75, 3.05) is 0 Å². The smallest absolute Gasteiger partial charge is 0.254 e. The zero-order chi connectivity index (χ0) is 17.8. The molecule has 0 radical (unpaired) electrons. The van der Waals surface area contributed by atoms with E-state index in [2.05, 4.69) is 23.0 Å². The maximum Gasteiger partial charge on any atom is 0.254 e. The highest BCUT2D eigenvalue weighted by Crippen LogP contribution is 2.31. The van der Waals surface area contributed by atoms with Crippen molar-refractivity contribution < 1.29 is 13.5 Å². The van der Waals surface area contributed by atoms with Crippen LogP contribution < -0.4 is 4.74 Å². The van der Waals surface area contributed by atoms with Crippen LogP contribution in [0.15, 0.2) is 30.5 Å². The summed E-state index contributed by atoms with van der Waals surface area (Å²) in [5.41, 5.74) is 1.29. The van der Waals surface area contributed by atoms with Gasteiger partial charge < -0.3 is 4.74 Å². The lowest BCUT2D eigenvalue weighted by Gasteiger charge is -2.19. The standard InChI is InChI=1S/C19H19ClF2N2O/c1-2-12-3-5-13(6-4-12)18-23-10-17(22)19(24-18)25-11-14-7-8-15(20)9-16(14)21/h5,7-10,12H,2-4,6,11H2,1H3. The minimum Gasteiger partial charge on any atom is -0.471 e. The van der Waals surface area contributed by atoms with Gasteiger partial charge >= 0.3 is 0 Å². The average Bonchev–Trinajstić information content (AvgIpc) is 2.62. The van der Waals surface area contributed by atoms with Gasteiger partial charge in [-0.1, -0.05) is 37.1 Å². The fourth-order valence-electron chi connectivity index (χ4n) is 2.85. The van der Waals surface area contributed by atoms with Crippen molar-refractivity contribution in [3.63, 3.8) is 0 Å². The maximum absolute atomic E-state index is 13.9. The molecule has 0 N–H and O–H groups in total. The molecule has 0 fully saturated rings. The van der Waals surface area contributed by atoms with E-state index in [0.29, 0.717) is 16.8 Å². The molecular weight excluding hydrogens is 346 g/mol. The minimum atomic E-state index is -0.666. The summed E-state index contributed by atoms with van der Waals surface area (Å²) in [4.78, 5) is 8.26. The fraction of sp³-hybridized carbons (Fsp3) is 0.368. The summed E-state index contributed by atoms with van der Waals surface area (Å²) in [6.45, 7) is 2.05. The van der Waals surface area contributed by atoms with Crippen LogP contribution in [0.4, 0.5) is 8.78 Å². The number of halogens is 3. The van der Waals surface area contributed by atoms with Crippen LogP contribution in [0.1, 0.15) is 44.0 Å². The number of hydrogen-bond acceptors (Lipinski definition) is 3. The number of allylic oxidation sites excluding steroid dienone is 2. The Bertz CT molecular complexity index is 795. The van der Waals surface area contributed by atoms with Crippen molar-refractivity contribution in [1.82, 2.24) is 9.97 Å². The molecule has 1 aromatic carbocycles.